The Morgan fingerprint density at radius 2 is 2.10 bits per heavy atom. The molecule has 4 rings (SSSR count). The summed E-state index contributed by atoms with van der Waals surface area (Å²) in [5, 5.41) is 16.0. The van der Waals surface area contributed by atoms with Gasteiger partial charge in [-0.25, -0.2) is 18.7 Å². The first-order valence-electron chi connectivity index (χ1n) is 9.81. The van der Waals surface area contributed by atoms with Gasteiger partial charge >= 0.3 is 0 Å². The molecule has 0 bridgehead atoms. The summed E-state index contributed by atoms with van der Waals surface area (Å²) in [4.78, 5) is 10.5. The number of fused-ring (bicyclic) bond motifs is 1. The number of nitrogens with one attached hydrogen (secondary N) is 3. The Labute approximate surface area is 173 Å². The first-order chi connectivity index (χ1) is 14.5. The molecule has 2 heterocycles. The highest BCUT2D eigenvalue weighted by atomic mass is 19.1. The van der Waals surface area contributed by atoms with Crippen LogP contribution < -0.4 is 20.9 Å². The van der Waals surface area contributed by atoms with Gasteiger partial charge in [-0.05, 0) is 37.8 Å². The molecule has 7 nitrogen and oxygen atoms in total. The normalized spacial score (nSPS) is 20.7. The van der Waals surface area contributed by atoms with Crippen LogP contribution in [0.15, 0.2) is 53.9 Å². The smallest absolute Gasteiger partial charge is 0.150 e. The van der Waals surface area contributed by atoms with Crippen LogP contribution in [-0.2, 0) is 0 Å². The maximum atomic E-state index is 15.1. The maximum absolute atomic E-state index is 15.1. The Hall–Kier alpha value is -3.17. The predicted octanol–water partition coefficient (Wildman–Crippen LogP) is 1.83. The van der Waals surface area contributed by atoms with Crippen molar-refractivity contribution in [1.29, 1.82) is 5.41 Å². The number of allylic oxidation sites excluding steroid dienone is 4. The standard InChI is InChI=1S/C21H23F2N7/c1-25-9-12-5-14(6-17(23)20(12)24)29-21-19-16(22)7-15(8-18(19)27-11-28-21)30-4-3-13(10-30)26-2/h5-9,11,13,24-26H,3-4,10H2,1-2H3,(H,27,28,29)/p+1/b12-9-,24-20?/t13-/m0/s1. The summed E-state index contributed by atoms with van der Waals surface area (Å²) in [6.07, 6.45) is 6.84. The van der Waals surface area contributed by atoms with Crippen molar-refractivity contribution < 1.29 is 14.1 Å². The van der Waals surface area contributed by atoms with Gasteiger partial charge in [0, 0.05) is 30.5 Å². The number of anilines is 2. The van der Waals surface area contributed by atoms with Crippen molar-refractivity contribution in [1.82, 2.24) is 15.3 Å². The van der Waals surface area contributed by atoms with E-state index in [0.29, 0.717) is 22.8 Å². The van der Waals surface area contributed by atoms with Gasteiger partial charge in [0.1, 0.15) is 29.9 Å². The largest absolute Gasteiger partial charge is 0.370 e. The third kappa shape index (κ3) is 3.81. The van der Waals surface area contributed by atoms with Crippen molar-refractivity contribution in [2.24, 2.45) is 0 Å². The van der Waals surface area contributed by atoms with Crippen LogP contribution in [0.1, 0.15) is 6.42 Å². The molecule has 2 aromatic rings. The molecule has 0 amide bonds. The molecule has 0 unspecified atom stereocenters. The second-order valence-corrected chi connectivity index (χ2v) is 7.31. The van der Waals surface area contributed by atoms with E-state index >= 15 is 4.39 Å². The van der Waals surface area contributed by atoms with E-state index < -0.39 is 11.6 Å². The van der Waals surface area contributed by atoms with E-state index in [-0.39, 0.29) is 16.9 Å². The number of quaternary nitrogens is 1. The van der Waals surface area contributed by atoms with Crippen molar-refractivity contribution in [3.05, 3.63) is 59.7 Å². The van der Waals surface area contributed by atoms with Gasteiger partial charge in [-0.15, -0.1) is 0 Å². The van der Waals surface area contributed by atoms with E-state index in [0.717, 1.165) is 25.2 Å². The van der Waals surface area contributed by atoms with Crippen LogP contribution >= 0.6 is 0 Å². The van der Waals surface area contributed by atoms with Crippen LogP contribution in [-0.4, -0.2) is 48.9 Å². The zero-order valence-electron chi connectivity index (χ0n) is 16.8. The van der Waals surface area contributed by atoms with Gasteiger partial charge in [-0.1, -0.05) is 0 Å². The second kappa shape index (κ2) is 8.29. The van der Waals surface area contributed by atoms with Crippen molar-refractivity contribution >= 4 is 28.1 Å². The lowest BCUT2D eigenvalue weighted by Crippen LogP contribution is -2.73. The minimum Gasteiger partial charge on any atom is -0.370 e. The van der Waals surface area contributed by atoms with Gasteiger partial charge < -0.3 is 20.9 Å². The highest BCUT2D eigenvalue weighted by molar-refractivity contribution is 6.12. The highest BCUT2D eigenvalue weighted by Crippen LogP contribution is 2.31. The average Bonchev–Trinajstić information content (AvgIpc) is 3.21. The van der Waals surface area contributed by atoms with Crippen LogP contribution in [0.3, 0.4) is 0 Å². The molecular weight excluding hydrogens is 388 g/mol. The Morgan fingerprint density at radius 3 is 2.83 bits per heavy atom. The van der Waals surface area contributed by atoms with Crippen LogP contribution in [0, 0.1) is 11.2 Å². The molecule has 2 aliphatic rings. The molecule has 1 saturated heterocycles. The summed E-state index contributed by atoms with van der Waals surface area (Å²) in [6, 6.07) is 3.73. The SMILES string of the molecule is CN[C@H]1CCN(c2cc(F)c3c(NC4=C/C(=C/[NH2+]C)C(=N)C(F)=C4)ncnc3c2)C1. The van der Waals surface area contributed by atoms with Crippen LogP contribution in [0.2, 0.25) is 0 Å². The van der Waals surface area contributed by atoms with Crippen LogP contribution in [0.25, 0.3) is 10.9 Å². The number of nitrogens with two attached hydrogens (primary N) is 1. The summed E-state index contributed by atoms with van der Waals surface area (Å²) in [5.41, 5.74) is 1.88. The van der Waals surface area contributed by atoms with Gasteiger partial charge in [-0.2, -0.15) is 0 Å². The number of rotatable bonds is 5. The number of nitrogens with zero attached hydrogens (tertiary/aromatic N) is 3. The Morgan fingerprint density at radius 1 is 1.27 bits per heavy atom. The third-order valence-corrected chi connectivity index (χ3v) is 5.37. The summed E-state index contributed by atoms with van der Waals surface area (Å²) in [5.74, 6) is -0.853. The fourth-order valence-electron chi connectivity index (χ4n) is 3.78. The molecule has 1 fully saturated rings. The van der Waals surface area contributed by atoms with Gasteiger partial charge in [-0.3, -0.25) is 5.41 Å². The van der Waals surface area contributed by atoms with Crippen molar-refractivity contribution in [3.63, 3.8) is 0 Å². The lowest BCUT2D eigenvalue weighted by Gasteiger charge is -2.20. The Kier molecular flexibility index (Phi) is 5.56. The average molecular weight is 412 g/mol. The molecule has 1 aliphatic carbocycles. The molecule has 1 aromatic carbocycles. The zero-order valence-corrected chi connectivity index (χ0v) is 16.8. The summed E-state index contributed by atoms with van der Waals surface area (Å²) in [6.45, 7) is 1.66. The Balaban J connectivity index is 1.68. The topological polar surface area (TPSA) is 93.5 Å². The lowest BCUT2D eigenvalue weighted by atomic mass is 10.0. The van der Waals surface area contributed by atoms with E-state index in [2.05, 4.69) is 25.5 Å². The lowest BCUT2D eigenvalue weighted by molar-refractivity contribution is -0.556. The zero-order chi connectivity index (χ0) is 21.3. The van der Waals surface area contributed by atoms with E-state index in [4.69, 9.17) is 5.41 Å². The van der Waals surface area contributed by atoms with Crippen molar-refractivity contribution in [3.8, 4) is 0 Å². The molecule has 1 atom stereocenters. The third-order valence-electron chi connectivity index (χ3n) is 5.37. The Bertz CT molecular complexity index is 1090. The first-order valence-corrected chi connectivity index (χ1v) is 9.81. The molecule has 9 heteroatoms. The van der Waals surface area contributed by atoms with Gasteiger partial charge in [0.05, 0.1) is 23.5 Å². The van der Waals surface area contributed by atoms with E-state index in [9.17, 15) is 4.39 Å². The molecule has 5 N–H and O–H groups in total. The highest BCUT2D eigenvalue weighted by Gasteiger charge is 2.23. The number of benzene rings is 1. The van der Waals surface area contributed by atoms with Gasteiger partial charge in [0.2, 0.25) is 0 Å². The monoisotopic (exact) mass is 412 g/mol. The van der Waals surface area contributed by atoms with Crippen molar-refractivity contribution in [2.45, 2.75) is 12.5 Å². The summed E-state index contributed by atoms with van der Waals surface area (Å²) >= 11 is 0. The fraction of sp³-hybridized carbons (Fsp3) is 0.286. The molecule has 30 heavy (non-hydrogen) atoms. The number of hydrogen-bond donors (Lipinski definition) is 4. The maximum Gasteiger partial charge on any atom is 0.150 e. The van der Waals surface area contributed by atoms with Crippen LogP contribution in [0.4, 0.5) is 20.3 Å². The summed E-state index contributed by atoms with van der Waals surface area (Å²) in [7, 11) is 3.72. The number of aromatic nitrogens is 2. The molecule has 0 radical (unpaired) electrons. The van der Waals surface area contributed by atoms with Crippen LogP contribution in [0.5, 0.6) is 0 Å². The van der Waals surface area contributed by atoms with E-state index in [1.807, 2.05) is 13.1 Å². The quantitative estimate of drug-likeness (QED) is 0.601. The minimum atomic E-state index is -0.664. The van der Waals surface area contributed by atoms with E-state index in [1.165, 1.54) is 18.5 Å². The molecular formula is C21H24F2N7+. The minimum absolute atomic E-state index is 0.187. The molecule has 156 valence electrons. The molecule has 0 spiro atoms. The number of halogens is 2. The van der Waals surface area contributed by atoms with Gasteiger partial charge in [0.25, 0.3) is 0 Å². The van der Waals surface area contributed by atoms with E-state index in [1.54, 1.807) is 24.6 Å². The fourth-order valence-corrected chi connectivity index (χ4v) is 3.78. The molecule has 1 aromatic heterocycles. The molecule has 1 aliphatic heterocycles. The summed E-state index contributed by atoms with van der Waals surface area (Å²) < 4.78 is 29.3. The van der Waals surface area contributed by atoms with Gasteiger partial charge in [0.15, 0.2) is 5.83 Å². The number of hydrogen-bond acceptors (Lipinski definition) is 6. The first kappa shape index (κ1) is 20.1. The number of likely N-dealkylation sites (N-methyl/N-ethyl adjacent to an activating group) is 1. The predicted molar refractivity (Wildman–Crippen MR) is 114 cm³/mol. The second-order valence-electron chi connectivity index (χ2n) is 7.31. The molecule has 0 saturated carbocycles. The van der Waals surface area contributed by atoms with Crippen molar-refractivity contribution in [2.75, 3.05) is 37.4 Å².